The molecule has 9 heteroatoms. The maximum absolute atomic E-state index is 12.6. The smallest absolute Gasteiger partial charge is 0.257 e. The number of primary amides is 1. The first kappa shape index (κ1) is 22.2. The number of nitrogens with zero attached hydrogens (tertiary/aromatic N) is 1. The van der Waals surface area contributed by atoms with E-state index in [4.69, 9.17) is 10.5 Å². The highest BCUT2D eigenvalue weighted by molar-refractivity contribution is 7.89. The summed E-state index contributed by atoms with van der Waals surface area (Å²) < 4.78 is 32.1. The van der Waals surface area contributed by atoms with E-state index in [1.807, 2.05) is 0 Å². The molecule has 1 aromatic rings. The van der Waals surface area contributed by atoms with Crippen molar-refractivity contribution in [3.05, 3.63) is 23.8 Å². The molecule has 1 heterocycles. The van der Waals surface area contributed by atoms with E-state index < -0.39 is 15.9 Å². The number of unbranched alkanes of at least 4 members (excludes halogenated alkanes) is 3. The van der Waals surface area contributed by atoms with Crippen LogP contribution >= 0.6 is 0 Å². The molecule has 0 radical (unpaired) electrons. The molecule has 28 heavy (non-hydrogen) atoms. The van der Waals surface area contributed by atoms with Gasteiger partial charge in [-0.1, -0.05) is 26.2 Å². The summed E-state index contributed by atoms with van der Waals surface area (Å²) in [6.07, 6.45) is 5.83. The molecule has 1 aliphatic rings. The Morgan fingerprint density at radius 2 is 1.89 bits per heavy atom. The van der Waals surface area contributed by atoms with E-state index in [1.54, 1.807) is 0 Å². The van der Waals surface area contributed by atoms with E-state index >= 15 is 0 Å². The van der Waals surface area contributed by atoms with Gasteiger partial charge in [0, 0.05) is 19.6 Å². The van der Waals surface area contributed by atoms with Crippen molar-refractivity contribution in [3.63, 3.8) is 0 Å². The number of nitrogens with two attached hydrogens (primary N) is 1. The number of carbonyl (C=O) groups is 2. The summed E-state index contributed by atoms with van der Waals surface area (Å²) in [5, 5.41) is 2.75. The maximum atomic E-state index is 12.6. The zero-order chi connectivity index (χ0) is 20.6. The number of amides is 2. The van der Waals surface area contributed by atoms with Crippen LogP contribution in [-0.4, -0.2) is 50.8 Å². The lowest BCUT2D eigenvalue weighted by Crippen LogP contribution is -2.30. The molecule has 0 unspecified atom stereocenters. The monoisotopic (exact) mass is 411 g/mol. The first-order chi connectivity index (χ1) is 13.4. The molecule has 0 bridgehead atoms. The molecule has 8 nitrogen and oxygen atoms in total. The van der Waals surface area contributed by atoms with Gasteiger partial charge in [0.2, 0.25) is 10.0 Å². The Bertz CT molecular complexity index is 789. The summed E-state index contributed by atoms with van der Waals surface area (Å²) in [5.41, 5.74) is 5.33. The fraction of sp³-hybridized carbons (Fsp3) is 0.579. The number of ether oxygens (including phenoxy) is 1. The number of hydrogen-bond acceptors (Lipinski definition) is 5. The summed E-state index contributed by atoms with van der Waals surface area (Å²) in [4.78, 5) is 23.6. The molecule has 0 saturated carbocycles. The minimum atomic E-state index is -3.67. The Kier molecular flexibility index (Phi) is 8.25. The molecule has 1 fully saturated rings. The van der Waals surface area contributed by atoms with Gasteiger partial charge in [-0.2, -0.15) is 4.31 Å². The fourth-order valence-corrected chi connectivity index (χ4v) is 4.58. The van der Waals surface area contributed by atoms with Gasteiger partial charge in [-0.05, 0) is 37.5 Å². The van der Waals surface area contributed by atoms with Crippen LogP contribution in [0, 0.1) is 0 Å². The highest BCUT2D eigenvalue weighted by Crippen LogP contribution is 2.26. The van der Waals surface area contributed by atoms with Crippen molar-refractivity contribution < 1.29 is 22.7 Å². The molecular weight excluding hydrogens is 382 g/mol. The Hall–Kier alpha value is -2.13. The Balaban J connectivity index is 2.01. The van der Waals surface area contributed by atoms with E-state index in [2.05, 4.69) is 12.2 Å². The lowest BCUT2D eigenvalue weighted by Gasteiger charge is -2.17. The predicted molar refractivity (Wildman–Crippen MR) is 106 cm³/mol. The molecule has 1 aliphatic heterocycles. The largest absolute Gasteiger partial charge is 0.483 e. The number of carbonyl (C=O) groups excluding carboxylic acids is 2. The average Bonchev–Trinajstić information content (AvgIpc) is 3.21. The van der Waals surface area contributed by atoms with Crippen molar-refractivity contribution in [2.45, 2.75) is 50.3 Å². The van der Waals surface area contributed by atoms with Crippen LogP contribution in [0.25, 0.3) is 0 Å². The summed E-state index contributed by atoms with van der Waals surface area (Å²) in [6, 6.07) is 3.96. The van der Waals surface area contributed by atoms with Crippen molar-refractivity contribution in [2.24, 2.45) is 5.73 Å². The highest BCUT2D eigenvalue weighted by Gasteiger charge is 2.28. The van der Waals surface area contributed by atoms with E-state index in [0.29, 0.717) is 19.6 Å². The normalized spacial score (nSPS) is 14.8. The molecule has 0 aromatic heterocycles. The standard InChI is InChI=1S/C19H29N3O5S/c1-2-3-4-5-10-21-18(23)14-27-17-9-8-15(13-16(17)19(20)24)28(25,26)22-11-6-7-12-22/h8-9,13H,2-7,10-12,14H2,1H3,(H2,20,24)(H,21,23). The van der Waals surface area contributed by atoms with Gasteiger partial charge < -0.3 is 15.8 Å². The zero-order valence-electron chi connectivity index (χ0n) is 16.3. The van der Waals surface area contributed by atoms with Gasteiger partial charge in [0.1, 0.15) is 5.75 Å². The topological polar surface area (TPSA) is 119 Å². The number of benzene rings is 1. The highest BCUT2D eigenvalue weighted by atomic mass is 32.2. The molecule has 0 atom stereocenters. The predicted octanol–water partition coefficient (Wildman–Crippen LogP) is 1.65. The summed E-state index contributed by atoms with van der Waals surface area (Å²) >= 11 is 0. The summed E-state index contributed by atoms with van der Waals surface area (Å²) in [6.45, 7) is 3.34. The van der Waals surface area contributed by atoms with E-state index in [-0.39, 0.29) is 28.7 Å². The third kappa shape index (κ3) is 5.93. The second-order valence-corrected chi connectivity index (χ2v) is 8.77. The van der Waals surface area contributed by atoms with Crippen LogP contribution in [0.2, 0.25) is 0 Å². The van der Waals surface area contributed by atoms with E-state index in [0.717, 1.165) is 38.5 Å². The second kappa shape index (κ2) is 10.4. The molecule has 1 saturated heterocycles. The number of hydrogen-bond donors (Lipinski definition) is 2. The van der Waals surface area contributed by atoms with Crippen LogP contribution in [0.15, 0.2) is 23.1 Å². The maximum Gasteiger partial charge on any atom is 0.257 e. The van der Waals surface area contributed by atoms with Crippen LogP contribution in [0.1, 0.15) is 55.8 Å². The minimum absolute atomic E-state index is 0.00377. The molecule has 0 aliphatic carbocycles. The average molecular weight is 412 g/mol. The molecule has 2 amide bonds. The first-order valence-electron chi connectivity index (χ1n) is 9.69. The fourth-order valence-electron chi connectivity index (χ4n) is 3.04. The molecule has 156 valence electrons. The van der Waals surface area contributed by atoms with Crippen molar-refractivity contribution in [1.82, 2.24) is 9.62 Å². The Morgan fingerprint density at radius 3 is 2.54 bits per heavy atom. The third-order valence-electron chi connectivity index (χ3n) is 4.63. The van der Waals surface area contributed by atoms with Crippen LogP contribution in [0.4, 0.5) is 0 Å². The lowest BCUT2D eigenvalue weighted by atomic mass is 10.2. The number of nitrogens with one attached hydrogen (secondary N) is 1. The van der Waals surface area contributed by atoms with Gasteiger partial charge in [-0.3, -0.25) is 9.59 Å². The van der Waals surface area contributed by atoms with Crippen molar-refractivity contribution in [3.8, 4) is 5.75 Å². The second-order valence-electron chi connectivity index (χ2n) is 6.83. The van der Waals surface area contributed by atoms with Crippen molar-refractivity contribution in [1.29, 1.82) is 0 Å². The number of sulfonamides is 1. The lowest BCUT2D eigenvalue weighted by molar-refractivity contribution is -0.123. The summed E-state index contributed by atoms with van der Waals surface area (Å²) in [7, 11) is -3.67. The van der Waals surface area contributed by atoms with Gasteiger partial charge in [-0.25, -0.2) is 8.42 Å². The van der Waals surface area contributed by atoms with E-state index in [9.17, 15) is 18.0 Å². The third-order valence-corrected chi connectivity index (χ3v) is 6.53. The van der Waals surface area contributed by atoms with Crippen LogP contribution in [0.5, 0.6) is 5.75 Å². The molecular formula is C19H29N3O5S. The van der Waals surface area contributed by atoms with Crippen molar-refractivity contribution in [2.75, 3.05) is 26.2 Å². The molecule has 3 N–H and O–H groups in total. The summed E-state index contributed by atoms with van der Waals surface area (Å²) in [5.74, 6) is -1.02. The van der Waals surface area contributed by atoms with Crippen LogP contribution in [0.3, 0.4) is 0 Å². The number of rotatable bonds is 11. The Morgan fingerprint density at radius 1 is 1.18 bits per heavy atom. The van der Waals surface area contributed by atoms with Crippen LogP contribution in [-0.2, 0) is 14.8 Å². The van der Waals surface area contributed by atoms with Crippen molar-refractivity contribution >= 4 is 21.8 Å². The molecule has 1 aromatic carbocycles. The van der Waals surface area contributed by atoms with Gasteiger partial charge in [0.05, 0.1) is 10.5 Å². The van der Waals surface area contributed by atoms with Gasteiger partial charge in [0.15, 0.2) is 6.61 Å². The zero-order valence-corrected chi connectivity index (χ0v) is 17.1. The minimum Gasteiger partial charge on any atom is -0.483 e. The molecule has 0 spiro atoms. The van der Waals surface area contributed by atoms with Gasteiger partial charge in [-0.15, -0.1) is 0 Å². The van der Waals surface area contributed by atoms with Gasteiger partial charge >= 0.3 is 0 Å². The van der Waals surface area contributed by atoms with E-state index in [1.165, 1.54) is 22.5 Å². The Labute approximate surface area is 166 Å². The quantitative estimate of drug-likeness (QED) is 0.537. The SMILES string of the molecule is CCCCCCNC(=O)COc1ccc(S(=O)(=O)N2CCCC2)cc1C(N)=O. The van der Waals surface area contributed by atoms with Gasteiger partial charge in [0.25, 0.3) is 11.8 Å². The molecule has 2 rings (SSSR count). The first-order valence-corrected chi connectivity index (χ1v) is 11.1. The van der Waals surface area contributed by atoms with Crippen LogP contribution < -0.4 is 15.8 Å².